The second-order valence-corrected chi connectivity index (χ2v) is 8.48. The van der Waals surface area contributed by atoms with Gasteiger partial charge in [-0.05, 0) is 71.7 Å². The number of ketones is 1. The molecule has 0 amide bonds. The van der Waals surface area contributed by atoms with Gasteiger partial charge in [-0.1, -0.05) is 23.4 Å². The number of hydrogen-bond acceptors (Lipinski definition) is 7. The number of anilines is 1. The third kappa shape index (κ3) is 10.00. The first-order valence-electron chi connectivity index (χ1n) is 9.86. The summed E-state index contributed by atoms with van der Waals surface area (Å²) in [4.78, 5) is 24.5. The molecule has 0 aliphatic carbocycles. The van der Waals surface area contributed by atoms with Crippen molar-refractivity contribution in [2.45, 2.75) is 55.9 Å². The van der Waals surface area contributed by atoms with E-state index in [1.54, 1.807) is 6.92 Å². The van der Waals surface area contributed by atoms with Crippen LogP contribution in [-0.2, 0) is 0 Å². The number of Topliss-reactive ketones (excluding diaryl/α,β-unsaturated/α-hetero) is 1. The van der Waals surface area contributed by atoms with Gasteiger partial charge in [0.05, 0.1) is 11.0 Å². The molecule has 0 atom stereocenters. The van der Waals surface area contributed by atoms with Gasteiger partial charge >= 0.3 is 0 Å². The molecule has 0 saturated carbocycles. The number of rotatable bonds is 3. The summed E-state index contributed by atoms with van der Waals surface area (Å²) in [6, 6.07) is 4.00. The normalized spacial score (nSPS) is 9.36. The first-order valence-corrected chi connectivity index (χ1v) is 11.9. The predicted molar refractivity (Wildman–Crippen MR) is 150 cm³/mol. The Hall–Kier alpha value is -1.68. The van der Waals surface area contributed by atoms with Crippen molar-refractivity contribution in [1.29, 1.82) is 0 Å². The monoisotopic (exact) mass is 602 g/mol. The van der Waals surface area contributed by atoms with E-state index in [2.05, 4.69) is 43.9 Å². The Morgan fingerprint density at radius 1 is 1.00 bits per heavy atom. The van der Waals surface area contributed by atoms with Crippen LogP contribution < -0.4 is 5.73 Å². The summed E-state index contributed by atoms with van der Waals surface area (Å²) >= 11 is 4.62. The Bertz CT molecular complexity index is 993. The van der Waals surface area contributed by atoms with E-state index >= 15 is 0 Å². The Labute approximate surface area is 221 Å². The van der Waals surface area contributed by atoms with Crippen molar-refractivity contribution in [2.24, 2.45) is 0 Å². The van der Waals surface area contributed by atoms with Gasteiger partial charge in [-0.2, -0.15) is 0 Å². The smallest absolute Gasteiger partial charge is 0.180 e. The molecule has 184 valence electrons. The molecular formula is C24H36Br2N4O2S. The maximum atomic E-state index is 11.5. The van der Waals surface area contributed by atoms with E-state index in [9.17, 15) is 4.79 Å². The molecule has 0 bridgehead atoms. The maximum Gasteiger partial charge on any atom is 0.180 e. The van der Waals surface area contributed by atoms with E-state index < -0.39 is 0 Å². The van der Waals surface area contributed by atoms with Crippen molar-refractivity contribution in [2.75, 3.05) is 17.7 Å². The molecule has 0 spiro atoms. The van der Waals surface area contributed by atoms with E-state index in [4.69, 9.17) is 10.8 Å². The van der Waals surface area contributed by atoms with Gasteiger partial charge in [-0.3, -0.25) is 14.8 Å². The van der Waals surface area contributed by atoms with Gasteiger partial charge < -0.3 is 10.8 Å². The number of aromatic nitrogens is 3. The summed E-state index contributed by atoms with van der Waals surface area (Å²) in [6.45, 7) is 13.8. The van der Waals surface area contributed by atoms with Crippen LogP contribution in [0.25, 0.3) is 11.3 Å². The highest BCUT2D eigenvalue weighted by Gasteiger charge is 2.12. The minimum absolute atomic E-state index is 0. The summed E-state index contributed by atoms with van der Waals surface area (Å²) in [5.41, 5.74) is 14.5. The van der Waals surface area contributed by atoms with Crippen LogP contribution in [0.2, 0.25) is 0 Å². The average molecular weight is 604 g/mol. The van der Waals surface area contributed by atoms with Gasteiger partial charge in [-0.15, -0.1) is 28.3 Å². The topological polar surface area (TPSA) is 102 Å². The lowest BCUT2D eigenvalue weighted by molar-refractivity contribution is 0.102. The molecule has 0 saturated heterocycles. The highest BCUT2D eigenvalue weighted by molar-refractivity contribution is 9.09. The summed E-state index contributed by atoms with van der Waals surface area (Å²) in [5, 5.41) is 10.5. The standard InChI is InChI=1S/C11H13N3S.C10H12BrNO.C2H6O.CH4.BrH/c1-6-4-7(2)13-8(3)10(6)9-5-15-11(12)14-9;1-6-4-7(2)12-8(3)10(6)9(13)5-11;1-2-3;;/h4-5H,1-3H3,(H2,12,14);4H,5H2,1-3H3;3H,2H2,1H3;1H4;1H. The second kappa shape index (κ2) is 16.0. The second-order valence-electron chi connectivity index (χ2n) is 7.03. The van der Waals surface area contributed by atoms with Crippen molar-refractivity contribution in [1.82, 2.24) is 15.0 Å². The van der Waals surface area contributed by atoms with Crippen LogP contribution in [0.15, 0.2) is 17.5 Å². The van der Waals surface area contributed by atoms with E-state index in [-0.39, 0.29) is 36.8 Å². The number of hydrogen-bond donors (Lipinski definition) is 2. The van der Waals surface area contributed by atoms with Crippen LogP contribution in [0.5, 0.6) is 0 Å². The zero-order chi connectivity index (χ0) is 23.7. The number of nitrogens with zero attached hydrogens (tertiary/aromatic N) is 3. The average Bonchev–Trinajstić information content (AvgIpc) is 3.07. The number of aliphatic hydroxyl groups is 1. The molecule has 33 heavy (non-hydrogen) atoms. The number of nitrogens with two attached hydrogens (primary N) is 1. The summed E-state index contributed by atoms with van der Waals surface area (Å²) in [7, 11) is 0. The number of alkyl halides is 1. The van der Waals surface area contributed by atoms with Crippen molar-refractivity contribution < 1.29 is 9.90 Å². The van der Waals surface area contributed by atoms with Crippen molar-refractivity contribution in [3.8, 4) is 11.3 Å². The molecule has 0 aromatic carbocycles. The molecule has 0 aliphatic rings. The Balaban J connectivity index is 0. The number of nitrogen functional groups attached to an aromatic ring is 1. The summed E-state index contributed by atoms with van der Waals surface area (Å²) in [6.07, 6.45) is 0. The summed E-state index contributed by atoms with van der Waals surface area (Å²) < 4.78 is 0. The molecule has 0 aliphatic heterocycles. The zero-order valence-electron chi connectivity index (χ0n) is 19.6. The van der Waals surface area contributed by atoms with Crippen LogP contribution in [0, 0.1) is 41.5 Å². The molecule has 0 radical (unpaired) electrons. The van der Waals surface area contributed by atoms with E-state index in [1.807, 2.05) is 46.1 Å². The number of pyridine rings is 2. The number of aliphatic hydroxyl groups excluding tert-OH is 1. The first-order chi connectivity index (χ1) is 14.5. The molecule has 3 rings (SSSR count). The van der Waals surface area contributed by atoms with Crippen molar-refractivity contribution in [3.63, 3.8) is 0 Å². The van der Waals surface area contributed by atoms with Crippen molar-refractivity contribution >= 4 is 55.2 Å². The van der Waals surface area contributed by atoms with E-state index in [0.717, 1.165) is 45.2 Å². The van der Waals surface area contributed by atoms with Gasteiger partial charge in [0.2, 0.25) is 0 Å². The summed E-state index contributed by atoms with van der Waals surface area (Å²) in [5.74, 6) is 0.0995. The highest BCUT2D eigenvalue weighted by atomic mass is 79.9. The minimum atomic E-state index is 0. The van der Waals surface area contributed by atoms with E-state index in [0.29, 0.717) is 10.5 Å². The number of carbonyl (C=O) groups excluding carboxylic acids is 1. The molecule has 9 heteroatoms. The lowest BCUT2D eigenvalue weighted by atomic mass is 10.0. The highest BCUT2D eigenvalue weighted by Crippen LogP contribution is 2.28. The van der Waals surface area contributed by atoms with Crippen LogP contribution in [0.4, 0.5) is 5.13 Å². The fourth-order valence-corrected chi connectivity index (χ4v) is 4.16. The third-order valence-corrected chi connectivity index (χ3v) is 5.41. The number of carbonyl (C=O) groups is 1. The maximum absolute atomic E-state index is 11.5. The Kier molecular flexibility index (Phi) is 16.3. The molecule has 0 fully saturated rings. The minimum Gasteiger partial charge on any atom is -0.397 e. The van der Waals surface area contributed by atoms with Crippen LogP contribution in [0.3, 0.4) is 0 Å². The molecule has 3 aromatic rings. The lowest BCUT2D eigenvalue weighted by Gasteiger charge is -2.07. The molecule has 3 heterocycles. The predicted octanol–water partition coefficient (Wildman–Crippen LogP) is 6.51. The Morgan fingerprint density at radius 2 is 1.48 bits per heavy atom. The third-order valence-electron chi connectivity index (χ3n) is 4.23. The number of halogens is 2. The lowest BCUT2D eigenvalue weighted by Crippen LogP contribution is -2.07. The van der Waals surface area contributed by atoms with Gasteiger partial charge in [-0.25, -0.2) is 4.98 Å². The molecule has 3 aromatic heterocycles. The van der Waals surface area contributed by atoms with Crippen LogP contribution in [0.1, 0.15) is 58.6 Å². The quantitative estimate of drug-likeness (QED) is 0.261. The van der Waals surface area contributed by atoms with Gasteiger partial charge in [0, 0.05) is 45.9 Å². The van der Waals surface area contributed by atoms with Gasteiger partial charge in [0.25, 0.3) is 0 Å². The number of aryl methyl sites for hydroxylation is 6. The molecular weight excluding hydrogens is 568 g/mol. The fourth-order valence-electron chi connectivity index (χ4n) is 3.33. The van der Waals surface area contributed by atoms with Gasteiger partial charge in [0.1, 0.15) is 0 Å². The SMILES string of the molecule is Br.C.CCO.Cc1cc(C)c(-c2csc(N)n2)c(C)n1.Cc1cc(C)c(C(=O)CBr)c(C)n1. The Morgan fingerprint density at radius 3 is 1.88 bits per heavy atom. The van der Waals surface area contributed by atoms with Gasteiger partial charge in [0.15, 0.2) is 10.9 Å². The fraction of sp³-hybridized carbons (Fsp3) is 0.417. The molecule has 3 N–H and O–H groups in total. The number of thiazole rings is 1. The van der Waals surface area contributed by atoms with E-state index in [1.165, 1.54) is 16.9 Å². The molecule has 0 unspecified atom stereocenters. The largest absolute Gasteiger partial charge is 0.397 e. The van der Waals surface area contributed by atoms with Crippen molar-refractivity contribution in [3.05, 3.63) is 57.0 Å². The molecule has 6 nitrogen and oxygen atoms in total. The van der Waals surface area contributed by atoms with Crippen LogP contribution >= 0.6 is 44.2 Å². The van der Waals surface area contributed by atoms with Crippen LogP contribution in [-0.4, -0.2) is 37.8 Å². The first kappa shape index (κ1) is 33.5. The zero-order valence-corrected chi connectivity index (χ0v) is 23.7.